The van der Waals surface area contributed by atoms with Gasteiger partial charge in [0.15, 0.2) is 0 Å². The zero-order valence-corrected chi connectivity index (χ0v) is 12.2. The van der Waals surface area contributed by atoms with Crippen molar-refractivity contribution in [2.24, 2.45) is 5.41 Å². The van der Waals surface area contributed by atoms with Crippen molar-refractivity contribution in [3.05, 3.63) is 36.6 Å². The number of amides is 1. The van der Waals surface area contributed by atoms with Gasteiger partial charge in [0.1, 0.15) is 0 Å². The number of hydrogen-bond acceptors (Lipinski definition) is 2. The molecule has 2 aliphatic heterocycles. The molecule has 3 aliphatic rings. The van der Waals surface area contributed by atoms with E-state index in [4.69, 9.17) is 0 Å². The van der Waals surface area contributed by atoms with Gasteiger partial charge in [0, 0.05) is 11.7 Å². The third kappa shape index (κ3) is 1.80. The zero-order chi connectivity index (χ0) is 14.2. The first kappa shape index (κ1) is 13.6. The molecule has 0 aromatic carbocycles. The summed E-state index contributed by atoms with van der Waals surface area (Å²) in [6.45, 7) is 9.93. The predicted molar refractivity (Wildman–Crippen MR) is 81.1 cm³/mol. The minimum atomic E-state index is -0.282. The highest BCUT2D eigenvalue weighted by Gasteiger charge is 2.53. The molecule has 2 fully saturated rings. The van der Waals surface area contributed by atoms with Crippen LogP contribution in [-0.2, 0) is 4.79 Å². The van der Waals surface area contributed by atoms with E-state index in [-0.39, 0.29) is 5.41 Å². The van der Waals surface area contributed by atoms with Crippen molar-refractivity contribution in [3.8, 4) is 0 Å². The molecule has 0 aromatic rings. The Balaban J connectivity index is 2.02. The monoisotopic (exact) mass is 272 g/mol. The number of carbonyl (C=O) groups excluding carboxylic acids is 1. The molecule has 1 saturated heterocycles. The molecule has 2 heterocycles. The van der Waals surface area contributed by atoms with Gasteiger partial charge in [0.25, 0.3) is 0 Å². The van der Waals surface area contributed by atoms with Gasteiger partial charge in [-0.2, -0.15) is 0 Å². The normalized spacial score (nSPS) is 26.6. The second-order valence-corrected chi connectivity index (χ2v) is 6.15. The highest BCUT2D eigenvalue weighted by molar-refractivity contribution is 5.93. The van der Waals surface area contributed by atoms with Crippen molar-refractivity contribution >= 4 is 5.91 Å². The fourth-order valence-electron chi connectivity index (χ4n) is 4.23. The van der Waals surface area contributed by atoms with E-state index in [9.17, 15) is 4.79 Å². The van der Waals surface area contributed by atoms with Crippen LogP contribution in [0.4, 0.5) is 0 Å². The van der Waals surface area contributed by atoms with E-state index in [1.807, 2.05) is 12.2 Å². The van der Waals surface area contributed by atoms with Crippen LogP contribution in [0.25, 0.3) is 0 Å². The van der Waals surface area contributed by atoms with E-state index >= 15 is 0 Å². The molecule has 3 heteroatoms. The van der Waals surface area contributed by atoms with Crippen molar-refractivity contribution in [2.45, 2.75) is 44.6 Å². The molecule has 1 amide bonds. The molecule has 3 rings (SSSR count). The Morgan fingerprint density at radius 3 is 2.35 bits per heavy atom. The van der Waals surface area contributed by atoms with Crippen molar-refractivity contribution in [3.63, 3.8) is 0 Å². The van der Waals surface area contributed by atoms with Crippen LogP contribution in [0.3, 0.4) is 0 Å². The topological polar surface area (TPSA) is 32.3 Å². The molecule has 20 heavy (non-hydrogen) atoms. The van der Waals surface area contributed by atoms with Crippen LogP contribution >= 0.6 is 0 Å². The Morgan fingerprint density at radius 2 is 1.80 bits per heavy atom. The van der Waals surface area contributed by atoms with Gasteiger partial charge in [-0.05, 0) is 50.4 Å². The number of allylic oxidation sites excluding steroid dienone is 2. The van der Waals surface area contributed by atoms with Crippen LogP contribution in [0.15, 0.2) is 36.6 Å². The predicted octanol–water partition coefficient (Wildman–Crippen LogP) is 2.77. The number of carbonyl (C=O) groups is 1. The van der Waals surface area contributed by atoms with Gasteiger partial charge >= 0.3 is 0 Å². The lowest BCUT2D eigenvalue weighted by Gasteiger charge is -2.34. The molecule has 0 unspecified atom stereocenters. The first-order valence-corrected chi connectivity index (χ1v) is 7.78. The Labute approximate surface area is 121 Å². The van der Waals surface area contributed by atoms with E-state index in [0.717, 1.165) is 62.9 Å². The maximum absolute atomic E-state index is 13.1. The van der Waals surface area contributed by atoms with E-state index < -0.39 is 0 Å². The molecule has 1 saturated carbocycles. The SMILES string of the molecule is C=CC1=C(C=C)C2(CCCC2)C(=O)N1C1CCNCC1. The molecule has 3 nitrogen and oxygen atoms in total. The van der Waals surface area contributed by atoms with Gasteiger partial charge in [0.2, 0.25) is 5.91 Å². The number of hydrogen-bond donors (Lipinski definition) is 1. The summed E-state index contributed by atoms with van der Waals surface area (Å²) in [5, 5.41) is 3.37. The van der Waals surface area contributed by atoms with Gasteiger partial charge in [-0.25, -0.2) is 0 Å². The Hall–Kier alpha value is -1.35. The zero-order valence-electron chi connectivity index (χ0n) is 12.2. The maximum atomic E-state index is 13.1. The van der Waals surface area contributed by atoms with Crippen LogP contribution in [0.2, 0.25) is 0 Å². The summed E-state index contributed by atoms with van der Waals surface area (Å²) in [5.74, 6) is 0.312. The van der Waals surface area contributed by atoms with Gasteiger partial charge in [-0.15, -0.1) is 0 Å². The number of piperidine rings is 1. The minimum Gasteiger partial charge on any atom is -0.317 e. The molecular weight excluding hydrogens is 248 g/mol. The quantitative estimate of drug-likeness (QED) is 0.857. The maximum Gasteiger partial charge on any atom is 0.237 e. The molecule has 0 radical (unpaired) electrons. The average molecular weight is 272 g/mol. The second kappa shape index (κ2) is 5.21. The summed E-state index contributed by atoms with van der Waals surface area (Å²) in [7, 11) is 0. The van der Waals surface area contributed by atoms with Crippen molar-refractivity contribution in [1.29, 1.82) is 0 Å². The smallest absolute Gasteiger partial charge is 0.237 e. The lowest BCUT2D eigenvalue weighted by Crippen LogP contribution is -2.46. The highest BCUT2D eigenvalue weighted by atomic mass is 16.2. The number of nitrogens with one attached hydrogen (secondary N) is 1. The van der Waals surface area contributed by atoms with E-state index in [1.54, 1.807) is 0 Å². The van der Waals surface area contributed by atoms with E-state index in [1.165, 1.54) is 0 Å². The highest BCUT2D eigenvalue weighted by Crippen LogP contribution is 2.53. The Morgan fingerprint density at radius 1 is 1.15 bits per heavy atom. The largest absolute Gasteiger partial charge is 0.317 e. The molecule has 0 bridgehead atoms. The average Bonchev–Trinajstić information content (AvgIpc) is 3.06. The molecule has 0 aromatic heterocycles. The summed E-state index contributed by atoms with van der Waals surface area (Å²) >= 11 is 0. The lowest BCUT2D eigenvalue weighted by molar-refractivity contribution is -0.137. The second-order valence-electron chi connectivity index (χ2n) is 6.15. The standard InChI is InChI=1S/C17H24N2O/c1-3-14-15(4-2)19(13-7-11-18-12-8-13)16(20)17(14)9-5-6-10-17/h3-4,13,18H,1-2,5-12H2. The third-order valence-electron chi connectivity index (χ3n) is 5.21. The molecule has 1 spiro atoms. The summed E-state index contributed by atoms with van der Waals surface area (Å²) in [5.41, 5.74) is 1.88. The van der Waals surface area contributed by atoms with Crippen LogP contribution < -0.4 is 5.32 Å². The summed E-state index contributed by atoms with van der Waals surface area (Å²) in [6.07, 6.45) is 10.1. The molecule has 1 N–H and O–H groups in total. The van der Waals surface area contributed by atoms with Crippen LogP contribution in [0.1, 0.15) is 38.5 Å². The molecule has 1 aliphatic carbocycles. The molecular formula is C17H24N2O. The van der Waals surface area contributed by atoms with Crippen LogP contribution in [-0.4, -0.2) is 29.9 Å². The Bertz CT molecular complexity index is 465. The first-order valence-electron chi connectivity index (χ1n) is 7.78. The van der Waals surface area contributed by atoms with E-state index in [0.29, 0.717) is 11.9 Å². The Kier molecular flexibility index (Phi) is 3.55. The third-order valence-corrected chi connectivity index (χ3v) is 5.21. The van der Waals surface area contributed by atoms with Gasteiger partial charge in [-0.3, -0.25) is 4.79 Å². The lowest BCUT2D eigenvalue weighted by atomic mass is 9.79. The molecule has 0 atom stereocenters. The summed E-state index contributed by atoms with van der Waals surface area (Å²) in [4.78, 5) is 15.2. The summed E-state index contributed by atoms with van der Waals surface area (Å²) < 4.78 is 0. The van der Waals surface area contributed by atoms with E-state index in [2.05, 4.69) is 23.4 Å². The fraction of sp³-hybridized carbons (Fsp3) is 0.588. The van der Waals surface area contributed by atoms with Gasteiger partial charge in [0.05, 0.1) is 5.41 Å². The molecule has 108 valence electrons. The van der Waals surface area contributed by atoms with Gasteiger partial charge in [-0.1, -0.05) is 32.1 Å². The van der Waals surface area contributed by atoms with Crippen molar-refractivity contribution < 1.29 is 4.79 Å². The van der Waals surface area contributed by atoms with Crippen LogP contribution in [0.5, 0.6) is 0 Å². The van der Waals surface area contributed by atoms with Gasteiger partial charge < -0.3 is 10.2 Å². The first-order chi connectivity index (χ1) is 9.74. The van der Waals surface area contributed by atoms with Crippen molar-refractivity contribution in [2.75, 3.05) is 13.1 Å². The number of nitrogens with zero attached hydrogens (tertiary/aromatic N) is 1. The fourth-order valence-corrected chi connectivity index (χ4v) is 4.23. The number of rotatable bonds is 3. The minimum absolute atomic E-state index is 0.282. The van der Waals surface area contributed by atoms with Crippen molar-refractivity contribution in [1.82, 2.24) is 10.2 Å². The summed E-state index contributed by atoms with van der Waals surface area (Å²) in [6, 6.07) is 0.326. The van der Waals surface area contributed by atoms with Crippen LogP contribution in [0, 0.1) is 5.41 Å².